The predicted octanol–water partition coefficient (Wildman–Crippen LogP) is 5.92. The fourth-order valence-electron chi connectivity index (χ4n) is 3.67. The van der Waals surface area contributed by atoms with Gasteiger partial charge >= 0.3 is 0 Å². The molecular weight excluding hydrogens is 416 g/mol. The van der Waals surface area contributed by atoms with Crippen molar-refractivity contribution in [1.29, 1.82) is 0 Å². The highest BCUT2D eigenvalue weighted by Gasteiger charge is 2.40. The van der Waals surface area contributed by atoms with Crippen LogP contribution in [0.25, 0.3) is 0 Å². The van der Waals surface area contributed by atoms with Gasteiger partial charge in [0.2, 0.25) is 0 Å². The normalized spacial score (nSPS) is 19.1. The van der Waals surface area contributed by atoms with Crippen molar-refractivity contribution in [3.63, 3.8) is 0 Å². The van der Waals surface area contributed by atoms with Gasteiger partial charge in [-0.2, -0.15) is 0 Å². The Morgan fingerprint density at radius 2 is 2.00 bits per heavy atom. The van der Waals surface area contributed by atoms with E-state index in [4.69, 9.17) is 21.1 Å². The van der Waals surface area contributed by atoms with Gasteiger partial charge in [-0.1, -0.05) is 29.3 Å². The molecule has 1 aromatic rings. The number of phenols is 1. The van der Waals surface area contributed by atoms with Crippen LogP contribution < -0.4 is 4.74 Å². The minimum Gasteiger partial charge on any atom is -0.507 e. The van der Waals surface area contributed by atoms with E-state index in [9.17, 15) is 14.7 Å². The van der Waals surface area contributed by atoms with E-state index in [0.29, 0.717) is 47.6 Å². The summed E-state index contributed by atoms with van der Waals surface area (Å²) in [6.07, 6.45) is 7.09. The third-order valence-electron chi connectivity index (χ3n) is 5.80. The third-order valence-corrected chi connectivity index (χ3v) is 6.26. The molecule has 0 aromatic heterocycles. The lowest BCUT2D eigenvalue weighted by Crippen LogP contribution is -2.27. The zero-order valence-corrected chi connectivity index (χ0v) is 20.1. The predicted molar refractivity (Wildman–Crippen MR) is 123 cm³/mol. The number of benzene rings is 1. The largest absolute Gasteiger partial charge is 0.507 e. The average molecular weight is 449 g/mol. The number of carbonyl (C=O) groups excluding carboxylic acids is 2. The number of aldehydes is 1. The SMILES string of the molecule is CCOc1c(Cl)c(C)c(C=O)c(O)c1C/C=C(/C)CC/C=C(/C)C1CC(=O)C(C)(C)O1. The number of ketones is 1. The van der Waals surface area contributed by atoms with Crippen molar-refractivity contribution in [3.05, 3.63) is 45.0 Å². The number of halogens is 1. The first-order chi connectivity index (χ1) is 14.5. The Bertz CT molecular complexity index is 911. The Kier molecular flexibility index (Phi) is 8.49. The molecule has 1 saturated heterocycles. The van der Waals surface area contributed by atoms with Gasteiger partial charge in [0.25, 0.3) is 0 Å². The van der Waals surface area contributed by atoms with Crippen LogP contribution in [0.15, 0.2) is 23.3 Å². The molecule has 1 heterocycles. The molecular formula is C25H33ClO5. The molecule has 6 heteroatoms. The summed E-state index contributed by atoms with van der Waals surface area (Å²) in [7, 11) is 0. The monoisotopic (exact) mass is 448 g/mol. The summed E-state index contributed by atoms with van der Waals surface area (Å²) >= 11 is 6.40. The van der Waals surface area contributed by atoms with Crippen molar-refractivity contribution in [2.75, 3.05) is 6.61 Å². The summed E-state index contributed by atoms with van der Waals surface area (Å²) in [5.41, 5.74) is 2.74. The average Bonchev–Trinajstić information content (AvgIpc) is 2.99. The van der Waals surface area contributed by atoms with Crippen molar-refractivity contribution in [3.8, 4) is 11.5 Å². The number of carbonyl (C=O) groups is 2. The van der Waals surface area contributed by atoms with Gasteiger partial charge in [0.15, 0.2) is 12.1 Å². The van der Waals surface area contributed by atoms with Crippen LogP contribution in [0.3, 0.4) is 0 Å². The lowest BCUT2D eigenvalue weighted by Gasteiger charge is -2.18. The summed E-state index contributed by atoms with van der Waals surface area (Å²) in [6.45, 7) is 11.6. The van der Waals surface area contributed by atoms with E-state index in [1.165, 1.54) is 0 Å². The van der Waals surface area contributed by atoms with Crippen LogP contribution >= 0.6 is 11.6 Å². The van der Waals surface area contributed by atoms with Crippen LogP contribution in [0, 0.1) is 6.92 Å². The maximum atomic E-state index is 12.0. The topological polar surface area (TPSA) is 72.8 Å². The van der Waals surface area contributed by atoms with Crippen molar-refractivity contribution < 1.29 is 24.2 Å². The second-order valence-electron chi connectivity index (χ2n) is 8.55. The van der Waals surface area contributed by atoms with E-state index in [1.54, 1.807) is 6.92 Å². The summed E-state index contributed by atoms with van der Waals surface area (Å²) in [6, 6.07) is 0. The molecule has 1 aliphatic rings. The number of phenolic OH excluding ortho intramolecular Hbond substituents is 1. The van der Waals surface area contributed by atoms with Crippen molar-refractivity contribution in [2.45, 2.75) is 78.9 Å². The van der Waals surface area contributed by atoms with Crippen LogP contribution in [0.2, 0.25) is 5.02 Å². The van der Waals surface area contributed by atoms with E-state index >= 15 is 0 Å². The summed E-state index contributed by atoms with van der Waals surface area (Å²) in [5.74, 6) is 0.485. The highest BCUT2D eigenvalue weighted by molar-refractivity contribution is 6.33. The maximum absolute atomic E-state index is 12.0. The molecule has 1 aromatic carbocycles. The molecule has 2 rings (SSSR count). The fraction of sp³-hybridized carbons (Fsp3) is 0.520. The quantitative estimate of drug-likeness (QED) is 0.375. The number of hydrogen-bond acceptors (Lipinski definition) is 5. The molecule has 1 unspecified atom stereocenters. The van der Waals surface area contributed by atoms with Gasteiger partial charge in [-0.3, -0.25) is 9.59 Å². The van der Waals surface area contributed by atoms with E-state index in [1.807, 2.05) is 40.7 Å². The number of rotatable bonds is 9. The zero-order valence-electron chi connectivity index (χ0n) is 19.3. The van der Waals surface area contributed by atoms with Crippen LogP contribution in [0.4, 0.5) is 0 Å². The third kappa shape index (κ3) is 5.78. The Balaban J connectivity index is 2.10. The number of ether oxygens (including phenoxy) is 2. The van der Waals surface area contributed by atoms with Crippen LogP contribution in [-0.4, -0.2) is 35.5 Å². The lowest BCUT2D eigenvalue weighted by atomic mass is 9.98. The van der Waals surface area contributed by atoms with Crippen LogP contribution in [-0.2, 0) is 16.0 Å². The minimum atomic E-state index is -0.703. The number of aromatic hydroxyl groups is 1. The molecule has 1 fully saturated rings. The lowest BCUT2D eigenvalue weighted by molar-refractivity contribution is -0.129. The van der Waals surface area contributed by atoms with Gasteiger partial charge in [-0.25, -0.2) is 0 Å². The molecule has 31 heavy (non-hydrogen) atoms. The highest BCUT2D eigenvalue weighted by Crippen LogP contribution is 2.41. The van der Waals surface area contributed by atoms with Crippen molar-refractivity contribution in [1.82, 2.24) is 0 Å². The van der Waals surface area contributed by atoms with Crippen LogP contribution in [0.1, 0.15) is 75.4 Å². The molecule has 1 atom stereocenters. The highest BCUT2D eigenvalue weighted by atomic mass is 35.5. The van der Waals surface area contributed by atoms with Crippen molar-refractivity contribution >= 4 is 23.7 Å². The summed E-state index contributed by atoms with van der Waals surface area (Å²) in [4.78, 5) is 23.4. The van der Waals surface area contributed by atoms with Crippen LogP contribution in [0.5, 0.6) is 11.5 Å². The van der Waals surface area contributed by atoms with Gasteiger partial charge in [0, 0.05) is 12.0 Å². The second-order valence-corrected chi connectivity index (χ2v) is 8.92. The Morgan fingerprint density at radius 3 is 2.55 bits per heavy atom. The molecule has 170 valence electrons. The molecule has 0 saturated carbocycles. The van der Waals surface area contributed by atoms with E-state index in [0.717, 1.165) is 24.0 Å². The number of allylic oxidation sites excluding steroid dienone is 3. The molecule has 0 amide bonds. The second kappa shape index (κ2) is 10.5. The van der Waals surface area contributed by atoms with Gasteiger partial charge in [-0.05, 0) is 71.9 Å². The Labute approximate surface area is 190 Å². The molecule has 1 N–H and O–H groups in total. The van der Waals surface area contributed by atoms with E-state index in [2.05, 4.69) is 6.08 Å². The summed E-state index contributed by atoms with van der Waals surface area (Å²) < 4.78 is 11.5. The first-order valence-corrected chi connectivity index (χ1v) is 11.1. The van der Waals surface area contributed by atoms with Gasteiger partial charge in [0.1, 0.15) is 17.1 Å². The van der Waals surface area contributed by atoms with Gasteiger partial charge in [0.05, 0.1) is 23.3 Å². The smallest absolute Gasteiger partial charge is 0.167 e. The first-order valence-electron chi connectivity index (χ1n) is 10.7. The van der Waals surface area contributed by atoms with Gasteiger partial charge in [-0.15, -0.1) is 0 Å². The van der Waals surface area contributed by atoms with E-state index in [-0.39, 0.29) is 23.2 Å². The summed E-state index contributed by atoms with van der Waals surface area (Å²) in [5, 5.41) is 11.0. The Morgan fingerprint density at radius 1 is 1.32 bits per heavy atom. The number of hydrogen-bond donors (Lipinski definition) is 1. The molecule has 0 radical (unpaired) electrons. The molecule has 1 aliphatic heterocycles. The fourth-order valence-corrected chi connectivity index (χ4v) is 3.94. The molecule has 0 spiro atoms. The molecule has 0 aliphatic carbocycles. The standard InChI is InChI=1S/C25H33ClO5/c1-7-30-24-18(23(29)19(14-27)17(4)22(24)26)12-11-15(2)9-8-10-16(3)20-13-21(28)25(5,6)31-20/h10-11,14,20,29H,7-9,12-13H2,1-6H3/b15-11-,16-10-. The van der Waals surface area contributed by atoms with Crippen molar-refractivity contribution in [2.24, 2.45) is 0 Å². The maximum Gasteiger partial charge on any atom is 0.167 e. The van der Waals surface area contributed by atoms with E-state index < -0.39 is 5.60 Å². The molecule has 0 bridgehead atoms. The minimum absolute atomic E-state index is 0.0780. The van der Waals surface area contributed by atoms with Gasteiger partial charge < -0.3 is 14.6 Å². The first kappa shape index (κ1) is 25.2. The number of Topliss-reactive ketones (excluding diaryl/α,β-unsaturated/α-hetero) is 1. The molecule has 5 nitrogen and oxygen atoms in total. The zero-order chi connectivity index (χ0) is 23.3. The Hall–Kier alpha value is -2.11.